The fourth-order valence-electron chi connectivity index (χ4n) is 2.02. The molecule has 8 nitrogen and oxygen atoms in total. The molecule has 0 bridgehead atoms. The van der Waals surface area contributed by atoms with Crippen molar-refractivity contribution in [1.82, 2.24) is 19.6 Å². The first kappa shape index (κ1) is 16.5. The normalized spacial score (nSPS) is 10.2. The fourth-order valence-corrected chi connectivity index (χ4v) is 2.21. The second-order valence-electron chi connectivity index (χ2n) is 4.96. The number of rotatable bonds is 6. The van der Waals surface area contributed by atoms with E-state index in [0.717, 1.165) is 0 Å². The smallest absolute Gasteiger partial charge is 0.277 e. The summed E-state index contributed by atoms with van der Waals surface area (Å²) in [7, 11) is 0. The molecule has 1 aromatic carbocycles. The van der Waals surface area contributed by atoms with Gasteiger partial charge in [-0.05, 0) is 18.2 Å². The molecule has 0 atom stereocenters. The topological polar surface area (TPSA) is 97.8 Å². The maximum absolute atomic E-state index is 12.2. The van der Waals surface area contributed by atoms with Gasteiger partial charge in [-0.1, -0.05) is 23.7 Å². The van der Waals surface area contributed by atoms with E-state index in [1.807, 2.05) is 18.2 Å². The first-order valence-corrected chi connectivity index (χ1v) is 7.66. The van der Waals surface area contributed by atoms with Crippen LogP contribution in [0.25, 0.3) is 0 Å². The lowest BCUT2D eigenvalue weighted by atomic mass is 10.3. The summed E-state index contributed by atoms with van der Waals surface area (Å²) in [5.74, 6) is 0.481. The van der Waals surface area contributed by atoms with E-state index in [0.29, 0.717) is 16.6 Å². The molecule has 3 aromatic rings. The predicted octanol–water partition coefficient (Wildman–Crippen LogP) is 2.55. The lowest BCUT2D eigenvalue weighted by Gasteiger charge is -2.07. The monoisotopic (exact) mass is 356 g/mol. The SMILES string of the molecule is N#CCn1ccc(NC(=O)c2ccn(COc3ccccc3Cl)n2)n1. The summed E-state index contributed by atoms with van der Waals surface area (Å²) in [6.07, 6.45) is 3.23. The number of nitriles is 1. The lowest BCUT2D eigenvalue weighted by Crippen LogP contribution is -2.15. The fraction of sp³-hybridized carbons (Fsp3) is 0.125. The zero-order valence-corrected chi connectivity index (χ0v) is 13.7. The predicted molar refractivity (Wildman–Crippen MR) is 90.1 cm³/mol. The van der Waals surface area contributed by atoms with Crippen LogP contribution in [0.1, 0.15) is 10.5 Å². The number of benzene rings is 1. The highest BCUT2D eigenvalue weighted by molar-refractivity contribution is 6.32. The minimum atomic E-state index is -0.404. The number of nitrogens with one attached hydrogen (secondary N) is 1. The van der Waals surface area contributed by atoms with E-state index in [-0.39, 0.29) is 19.0 Å². The van der Waals surface area contributed by atoms with E-state index in [1.54, 1.807) is 36.7 Å². The number of aromatic nitrogens is 4. The zero-order chi connectivity index (χ0) is 17.6. The van der Waals surface area contributed by atoms with E-state index < -0.39 is 5.91 Å². The molecular formula is C16H13ClN6O2. The highest BCUT2D eigenvalue weighted by Crippen LogP contribution is 2.23. The highest BCUT2D eigenvalue weighted by atomic mass is 35.5. The maximum Gasteiger partial charge on any atom is 0.277 e. The molecule has 0 saturated carbocycles. The van der Waals surface area contributed by atoms with Crippen LogP contribution in [-0.2, 0) is 13.3 Å². The first-order chi connectivity index (χ1) is 12.2. The van der Waals surface area contributed by atoms with Crippen molar-refractivity contribution >= 4 is 23.3 Å². The molecule has 2 aromatic heterocycles. The maximum atomic E-state index is 12.2. The molecule has 1 N–H and O–H groups in total. The standard InChI is InChI=1S/C16H13ClN6O2/c17-12-3-1-2-4-14(12)25-11-23-8-5-13(20-23)16(24)19-15-6-9-22(21-15)10-7-18/h1-6,8-9H,10-11H2,(H,19,21,24). The highest BCUT2D eigenvalue weighted by Gasteiger charge is 2.12. The van der Waals surface area contributed by atoms with Crippen molar-refractivity contribution in [2.45, 2.75) is 13.3 Å². The number of carbonyl (C=O) groups is 1. The second-order valence-corrected chi connectivity index (χ2v) is 5.36. The van der Waals surface area contributed by atoms with Gasteiger partial charge in [0, 0.05) is 18.5 Å². The molecule has 0 aliphatic rings. The molecule has 0 saturated heterocycles. The Morgan fingerprint density at radius 3 is 2.80 bits per heavy atom. The van der Waals surface area contributed by atoms with E-state index in [9.17, 15) is 4.79 Å². The van der Waals surface area contributed by atoms with Gasteiger partial charge in [0.25, 0.3) is 5.91 Å². The first-order valence-electron chi connectivity index (χ1n) is 7.28. The number of nitrogens with zero attached hydrogens (tertiary/aromatic N) is 5. The largest absolute Gasteiger partial charge is 0.470 e. The third-order valence-corrected chi connectivity index (χ3v) is 3.49. The molecule has 9 heteroatoms. The molecule has 3 rings (SSSR count). The van der Waals surface area contributed by atoms with Crippen LogP contribution in [0.2, 0.25) is 5.02 Å². The Kier molecular flexibility index (Phi) is 4.97. The Morgan fingerprint density at radius 1 is 1.20 bits per heavy atom. The summed E-state index contributed by atoms with van der Waals surface area (Å²) in [5, 5.41) is 19.9. The van der Waals surface area contributed by atoms with Crippen LogP contribution < -0.4 is 10.1 Å². The van der Waals surface area contributed by atoms with Crippen LogP contribution >= 0.6 is 11.6 Å². The van der Waals surface area contributed by atoms with Gasteiger partial charge in [0.15, 0.2) is 18.2 Å². The Hall–Kier alpha value is -3.31. The molecule has 126 valence electrons. The average Bonchev–Trinajstić information content (AvgIpc) is 3.24. The summed E-state index contributed by atoms with van der Waals surface area (Å²) in [6, 6.07) is 12.2. The zero-order valence-electron chi connectivity index (χ0n) is 13.0. The Labute approximate surface area is 148 Å². The number of anilines is 1. The van der Waals surface area contributed by atoms with E-state index in [1.165, 1.54) is 9.36 Å². The van der Waals surface area contributed by atoms with Crippen LogP contribution in [0.3, 0.4) is 0 Å². The molecule has 0 fully saturated rings. The molecule has 0 aliphatic carbocycles. The number of carbonyl (C=O) groups excluding carboxylic acids is 1. The van der Waals surface area contributed by atoms with Crippen LogP contribution in [0.15, 0.2) is 48.8 Å². The van der Waals surface area contributed by atoms with Crippen molar-refractivity contribution in [3.63, 3.8) is 0 Å². The molecule has 0 spiro atoms. The van der Waals surface area contributed by atoms with Crippen molar-refractivity contribution < 1.29 is 9.53 Å². The number of hydrogen-bond donors (Lipinski definition) is 1. The third-order valence-electron chi connectivity index (χ3n) is 3.18. The summed E-state index contributed by atoms with van der Waals surface area (Å²) >= 11 is 6.01. The molecule has 0 unspecified atom stereocenters. The van der Waals surface area contributed by atoms with Crippen LogP contribution in [0.4, 0.5) is 5.82 Å². The number of para-hydroxylation sites is 1. The van der Waals surface area contributed by atoms with Gasteiger partial charge in [-0.2, -0.15) is 15.5 Å². The van der Waals surface area contributed by atoms with Gasteiger partial charge in [-0.3, -0.25) is 9.48 Å². The lowest BCUT2D eigenvalue weighted by molar-refractivity contribution is 0.101. The van der Waals surface area contributed by atoms with Crippen molar-refractivity contribution in [2.75, 3.05) is 5.32 Å². The minimum Gasteiger partial charge on any atom is -0.470 e. The van der Waals surface area contributed by atoms with Gasteiger partial charge in [0.1, 0.15) is 12.3 Å². The van der Waals surface area contributed by atoms with Crippen LogP contribution in [0, 0.1) is 11.3 Å². The van der Waals surface area contributed by atoms with Gasteiger partial charge in [0.2, 0.25) is 0 Å². The van der Waals surface area contributed by atoms with E-state index >= 15 is 0 Å². The Bertz CT molecular complexity index is 927. The van der Waals surface area contributed by atoms with Gasteiger partial charge >= 0.3 is 0 Å². The molecule has 25 heavy (non-hydrogen) atoms. The Morgan fingerprint density at radius 2 is 2.00 bits per heavy atom. The number of amides is 1. The average molecular weight is 357 g/mol. The molecule has 0 radical (unpaired) electrons. The van der Waals surface area contributed by atoms with Crippen LogP contribution in [0.5, 0.6) is 5.75 Å². The van der Waals surface area contributed by atoms with Crippen molar-refractivity contribution in [3.05, 3.63) is 59.5 Å². The third kappa shape index (κ3) is 4.16. The number of hydrogen-bond acceptors (Lipinski definition) is 5. The molecule has 2 heterocycles. The van der Waals surface area contributed by atoms with E-state index in [4.69, 9.17) is 21.6 Å². The minimum absolute atomic E-state index is 0.115. The second kappa shape index (κ2) is 7.51. The molecular weight excluding hydrogens is 344 g/mol. The van der Waals surface area contributed by atoms with Crippen molar-refractivity contribution in [3.8, 4) is 11.8 Å². The summed E-state index contributed by atoms with van der Waals surface area (Å²) in [6.45, 7) is 0.234. The quantitative estimate of drug-likeness (QED) is 0.731. The molecule has 0 aliphatic heterocycles. The van der Waals surface area contributed by atoms with Gasteiger partial charge in [0.05, 0.1) is 11.1 Å². The summed E-state index contributed by atoms with van der Waals surface area (Å²) < 4.78 is 8.46. The van der Waals surface area contributed by atoms with Crippen molar-refractivity contribution in [2.24, 2.45) is 0 Å². The van der Waals surface area contributed by atoms with Crippen molar-refractivity contribution in [1.29, 1.82) is 5.26 Å². The summed E-state index contributed by atoms with van der Waals surface area (Å²) in [5.41, 5.74) is 0.220. The number of ether oxygens (including phenoxy) is 1. The van der Waals surface area contributed by atoms with Gasteiger partial charge in [-0.25, -0.2) is 4.68 Å². The van der Waals surface area contributed by atoms with Gasteiger partial charge in [-0.15, -0.1) is 0 Å². The Balaban J connectivity index is 1.59. The van der Waals surface area contributed by atoms with Crippen LogP contribution in [-0.4, -0.2) is 25.5 Å². The molecule has 1 amide bonds. The summed E-state index contributed by atoms with van der Waals surface area (Å²) in [4.78, 5) is 12.2. The number of halogens is 1. The van der Waals surface area contributed by atoms with Gasteiger partial charge < -0.3 is 10.1 Å². The van der Waals surface area contributed by atoms with E-state index in [2.05, 4.69) is 15.5 Å².